The number of rotatable bonds is 6. The van der Waals surface area contributed by atoms with Crippen molar-refractivity contribution in [2.45, 2.75) is 11.9 Å². The molecule has 0 aliphatic heterocycles. The fraction of sp³-hybridized carbons (Fsp3) is 0.222. The maximum Gasteiger partial charge on any atom is 0.416 e. The molecule has 0 unspecified atom stereocenters. The Hall–Kier alpha value is -2.57. The van der Waals surface area contributed by atoms with Crippen LogP contribution in [-0.2, 0) is 22.0 Å². The van der Waals surface area contributed by atoms with E-state index < -0.39 is 27.6 Å². The Morgan fingerprint density at radius 3 is 2.41 bits per heavy atom. The summed E-state index contributed by atoms with van der Waals surface area (Å²) in [6.07, 6.45) is -4.46. The second-order valence-corrected chi connectivity index (χ2v) is 7.18. The van der Waals surface area contributed by atoms with Gasteiger partial charge in [-0.05, 0) is 35.9 Å². The fourth-order valence-corrected chi connectivity index (χ4v) is 3.02. The maximum atomic E-state index is 12.8. The molecule has 0 bridgehead atoms. The third-order valence-electron chi connectivity index (χ3n) is 3.25. The van der Waals surface area contributed by atoms with Crippen LogP contribution in [0.3, 0.4) is 0 Å². The van der Waals surface area contributed by atoms with E-state index in [9.17, 15) is 26.0 Å². The first kappa shape index (κ1) is 20.7. The molecular weight excluding hydrogens is 386 g/mol. The van der Waals surface area contributed by atoms with E-state index in [0.29, 0.717) is 5.56 Å². The van der Waals surface area contributed by atoms with Crippen LogP contribution in [0.4, 0.5) is 17.6 Å². The monoisotopic (exact) mass is 401 g/mol. The third-order valence-corrected chi connectivity index (χ3v) is 4.55. The minimum atomic E-state index is -4.46. The average molecular weight is 401 g/mol. The van der Waals surface area contributed by atoms with Gasteiger partial charge in [0, 0.05) is 0 Å². The first-order chi connectivity index (χ1) is 12.7. The molecule has 0 radical (unpaired) electrons. The van der Waals surface area contributed by atoms with Gasteiger partial charge >= 0.3 is 6.18 Å². The van der Waals surface area contributed by atoms with Crippen LogP contribution in [0.5, 0.6) is 5.75 Å². The standard InChI is InChI=1S/C18H15F4NO3S/c19-16-8-6-14(7-9-16)13-27(24,25)23-10-1-2-11-26-17-5-3-4-15(12-17)18(20,21)22/h3-9,12,23H,10-11,13H2. The number of nitrogens with one attached hydrogen (secondary N) is 1. The van der Waals surface area contributed by atoms with Crippen molar-refractivity contribution in [3.05, 3.63) is 65.5 Å². The summed E-state index contributed by atoms with van der Waals surface area (Å²) in [5.41, 5.74) is -0.411. The Labute approximate surface area is 154 Å². The number of benzene rings is 2. The second-order valence-electron chi connectivity index (χ2n) is 5.37. The van der Waals surface area contributed by atoms with Gasteiger partial charge in [-0.2, -0.15) is 13.2 Å². The summed E-state index contributed by atoms with van der Waals surface area (Å²) in [6, 6.07) is 9.41. The lowest BCUT2D eigenvalue weighted by Gasteiger charge is -2.08. The largest absolute Gasteiger partial charge is 0.481 e. The number of hydrogen-bond donors (Lipinski definition) is 1. The third kappa shape index (κ3) is 7.29. The molecule has 0 atom stereocenters. The maximum absolute atomic E-state index is 12.8. The van der Waals surface area contributed by atoms with Crippen LogP contribution < -0.4 is 9.46 Å². The molecule has 0 spiro atoms. The van der Waals surface area contributed by atoms with Crippen LogP contribution in [-0.4, -0.2) is 21.6 Å². The lowest BCUT2D eigenvalue weighted by atomic mass is 10.2. The molecule has 2 aromatic rings. The highest BCUT2D eigenvalue weighted by Gasteiger charge is 2.30. The van der Waals surface area contributed by atoms with E-state index in [2.05, 4.69) is 16.6 Å². The predicted molar refractivity (Wildman–Crippen MR) is 91.7 cm³/mol. The number of ether oxygens (including phenoxy) is 1. The zero-order valence-corrected chi connectivity index (χ0v) is 14.7. The molecule has 1 N–H and O–H groups in total. The summed E-state index contributed by atoms with van der Waals surface area (Å²) in [7, 11) is -3.65. The Balaban J connectivity index is 1.79. The smallest absolute Gasteiger partial charge is 0.416 e. The first-order valence-electron chi connectivity index (χ1n) is 7.63. The van der Waals surface area contributed by atoms with Crippen molar-refractivity contribution in [2.75, 3.05) is 13.2 Å². The molecule has 0 aliphatic carbocycles. The summed E-state index contributed by atoms with van der Waals surface area (Å²) in [5, 5.41) is 0. The van der Waals surface area contributed by atoms with Gasteiger partial charge in [0.15, 0.2) is 0 Å². The highest BCUT2D eigenvalue weighted by Crippen LogP contribution is 2.31. The molecule has 27 heavy (non-hydrogen) atoms. The molecule has 0 saturated heterocycles. The van der Waals surface area contributed by atoms with Gasteiger partial charge in [0.1, 0.15) is 18.2 Å². The second kappa shape index (κ2) is 8.88. The molecule has 2 aromatic carbocycles. The Morgan fingerprint density at radius 2 is 1.74 bits per heavy atom. The van der Waals surface area contributed by atoms with Gasteiger partial charge < -0.3 is 4.74 Å². The fourth-order valence-electron chi connectivity index (χ4n) is 1.99. The van der Waals surface area contributed by atoms with Gasteiger partial charge in [-0.3, -0.25) is 0 Å². The van der Waals surface area contributed by atoms with Gasteiger partial charge in [0.2, 0.25) is 10.0 Å². The number of sulfonamides is 1. The lowest BCUT2D eigenvalue weighted by molar-refractivity contribution is -0.137. The molecule has 0 aliphatic rings. The molecule has 0 heterocycles. The highest BCUT2D eigenvalue weighted by molar-refractivity contribution is 7.88. The van der Waals surface area contributed by atoms with Crippen molar-refractivity contribution in [1.82, 2.24) is 4.72 Å². The van der Waals surface area contributed by atoms with E-state index in [0.717, 1.165) is 24.3 Å². The van der Waals surface area contributed by atoms with Crippen molar-refractivity contribution in [3.63, 3.8) is 0 Å². The summed E-state index contributed by atoms with van der Waals surface area (Å²) < 4.78 is 81.6. The normalized spacial score (nSPS) is 11.6. The van der Waals surface area contributed by atoms with Gasteiger partial charge in [0.05, 0.1) is 17.9 Å². The summed E-state index contributed by atoms with van der Waals surface area (Å²) in [6.45, 7) is -0.378. The van der Waals surface area contributed by atoms with Gasteiger partial charge in [0.25, 0.3) is 0 Å². The van der Waals surface area contributed by atoms with Crippen LogP contribution in [0.1, 0.15) is 11.1 Å². The Bertz CT molecular complexity index is 930. The molecule has 9 heteroatoms. The quantitative estimate of drug-likeness (QED) is 0.597. The molecule has 0 fully saturated rings. The molecule has 0 aromatic heterocycles. The van der Waals surface area contributed by atoms with Gasteiger partial charge in [-0.25, -0.2) is 17.5 Å². The zero-order chi connectivity index (χ0) is 19.9. The van der Waals surface area contributed by atoms with Crippen LogP contribution in [0, 0.1) is 17.7 Å². The van der Waals surface area contributed by atoms with E-state index in [1.54, 1.807) is 0 Å². The van der Waals surface area contributed by atoms with Crippen molar-refractivity contribution < 1.29 is 30.7 Å². The van der Waals surface area contributed by atoms with Crippen molar-refractivity contribution in [2.24, 2.45) is 0 Å². The lowest BCUT2D eigenvalue weighted by Crippen LogP contribution is -2.25. The summed E-state index contributed by atoms with van der Waals surface area (Å²) in [4.78, 5) is 0. The van der Waals surface area contributed by atoms with Gasteiger partial charge in [-0.1, -0.05) is 30.0 Å². The Kier molecular flexibility index (Phi) is 6.82. The van der Waals surface area contributed by atoms with Crippen molar-refractivity contribution in [3.8, 4) is 17.6 Å². The van der Waals surface area contributed by atoms with Crippen LogP contribution in [0.2, 0.25) is 0 Å². The SMILES string of the molecule is O=S(=O)(Cc1ccc(F)cc1)NCC#CCOc1cccc(C(F)(F)F)c1. The van der Waals surface area contributed by atoms with Crippen LogP contribution in [0.15, 0.2) is 48.5 Å². The van der Waals surface area contributed by atoms with E-state index >= 15 is 0 Å². The summed E-state index contributed by atoms with van der Waals surface area (Å²) in [5.74, 6) is 4.23. The molecule has 4 nitrogen and oxygen atoms in total. The average Bonchev–Trinajstić information content (AvgIpc) is 2.59. The van der Waals surface area contributed by atoms with E-state index in [1.165, 1.54) is 24.3 Å². The predicted octanol–water partition coefficient (Wildman–Crippen LogP) is 3.35. The zero-order valence-electron chi connectivity index (χ0n) is 13.9. The number of alkyl halides is 3. The highest BCUT2D eigenvalue weighted by atomic mass is 32.2. The van der Waals surface area contributed by atoms with E-state index in [1.807, 2.05) is 0 Å². The number of hydrogen-bond acceptors (Lipinski definition) is 3. The van der Waals surface area contributed by atoms with E-state index in [4.69, 9.17) is 4.74 Å². The van der Waals surface area contributed by atoms with E-state index in [-0.39, 0.29) is 24.7 Å². The molecular formula is C18H15F4NO3S. The topological polar surface area (TPSA) is 55.4 Å². The van der Waals surface area contributed by atoms with Crippen LogP contribution >= 0.6 is 0 Å². The minimum Gasteiger partial charge on any atom is -0.481 e. The molecule has 0 saturated carbocycles. The molecule has 144 valence electrons. The minimum absolute atomic E-state index is 0.0102. The van der Waals surface area contributed by atoms with Gasteiger partial charge in [-0.15, -0.1) is 0 Å². The Morgan fingerprint density at radius 1 is 1.04 bits per heavy atom. The molecule has 0 amide bonds. The van der Waals surface area contributed by atoms with Crippen LogP contribution in [0.25, 0.3) is 0 Å². The number of halogens is 4. The van der Waals surface area contributed by atoms with Crippen molar-refractivity contribution >= 4 is 10.0 Å². The molecule has 2 rings (SSSR count). The summed E-state index contributed by atoms with van der Waals surface area (Å²) >= 11 is 0. The first-order valence-corrected chi connectivity index (χ1v) is 9.28. The van der Waals surface area contributed by atoms with Crippen molar-refractivity contribution in [1.29, 1.82) is 0 Å².